The van der Waals surface area contributed by atoms with E-state index in [4.69, 9.17) is 0 Å². The van der Waals surface area contributed by atoms with Gasteiger partial charge in [-0.15, -0.1) is 12.4 Å². The highest BCUT2D eigenvalue weighted by Crippen LogP contribution is 2.19. The molecule has 0 bridgehead atoms. The second-order valence-electron chi connectivity index (χ2n) is 5.86. The van der Waals surface area contributed by atoms with E-state index in [9.17, 15) is 9.59 Å². The van der Waals surface area contributed by atoms with E-state index < -0.39 is 0 Å². The lowest BCUT2D eigenvalue weighted by Crippen LogP contribution is -2.41. The molecule has 1 atom stereocenters. The molecular formula is C17H26ClN3O2. The van der Waals surface area contributed by atoms with Gasteiger partial charge in [-0.05, 0) is 44.9 Å². The molecule has 1 aliphatic heterocycles. The Morgan fingerprint density at radius 3 is 2.48 bits per heavy atom. The van der Waals surface area contributed by atoms with Gasteiger partial charge in [0.1, 0.15) is 0 Å². The zero-order valence-corrected chi connectivity index (χ0v) is 14.8. The molecule has 6 heteroatoms. The molecule has 0 aliphatic carbocycles. The molecule has 23 heavy (non-hydrogen) atoms. The normalized spacial score (nSPS) is 16.6. The third kappa shape index (κ3) is 4.94. The van der Waals surface area contributed by atoms with Gasteiger partial charge < -0.3 is 15.5 Å². The molecule has 1 heterocycles. The molecule has 0 spiro atoms. The fourth-order valence-corrected chi connectivity index (χ4v) is 2.83. The Morgan fingerprint density at radius 1 is 1.30 bits per heavy atom. The fraction of sp³-hybridized carbons (Fsp3) is 0.529. The summed E-state index contributed by atoms with van der Waals surface area (Å²) in [4.78, 5) is 26.3. The van der Waals surface area contributed by atoms with Crippen LogP contribution in [0.5, 0.6) is 0 Å². The van der Waals surface area contributed by atoms with E-state index in [1.54, 1.807) is 4.90 Å². The Balaban J connectivity index is 0.00000264. The second-order valence-corrected chi connectivity index (χ2v) is 5.86. The number of amides is 2. The molecule has 2 rings (SSSR count). The summed E-state index contributed by atoms with van der Waals surface area (Å²) in [6.45, 7) is 8.10. The third-order valence-electron chi connectivity index (χ3n) is 4.18. The van der Waals surface area contributed by atoms with Gasteiger partial charge in [0.2, 0.25) is 11.8 Å². The van der Waals surface area contributed by atoms with E-state index in [-0.39, 0.29) is 36.7 Å². The summed E-state index contributed by atoms with van der Waals surface area (Å²) >= 11 is 0. The number of nitrogens with zero attached hydrogens (tertiary/aromatic N) is 1. The largest absolute Gasteiger partial charge is 0.333 e. The Hall–Kier alpha value is -1.59. The number of carbonyl (C=O) groups excluding carboxylic acids is 2. The van der Waals surface area contributed by atoms with E-state index in [0.29, 0.717) is 13.1 Å². The monoisotopic (exact) mass is 339 g/mol. The SMILES string of the molecule is CCN(CC(=O)Nc1c(C)cccc1C)C(=O)C1CCNC1.Cl. The van der Waals surface area contributed by atoms with E-state index in [1.165, 1.54) is 0 Å². The average Bonchev–Trinajstić information content (AvgIpc) is 3.02. The van der Waals surface area contributed by atoms with Crippen LogP contribution in [0.25, 0.3) is 0 Å². The van der Waals surface area contributed by atoms with Crippen molar-refractivity contribution in [2.24, 2.45) is 5.92 Å². The highest BCUT2D eigenvalue weighted by Gasteiger charge is 2.27. The van der Waals surface area contributed by atoms with Crippen LogP contribution in [0, 0.1) is 19.8 Å². The maximum absolute atomic E-state index is 12.4. The maximum atomic E-state index is 12.4. The predicted molar refractivity (Wildman–Crippen MR) is 95.0 cm³/mol. The quantitative estimate of drug-likeness (QED) is 0.863. The summed E-state index contributed by atoms with van der Waals surface area (Å²) in [5.41, 5.74) is 2.91. The van der Waals surface area contributed by atoms with Crippen LogP contribution < -0.4 is 10.6 Å². The number of carbonyl (C=O) groups is 2. The first-order chi connectivity index (χ1) is 10.5. The van der Waals surface area contributed by atoms with Crippen molar-refractivity contribution in [1.29, 1.82) is 0 Å². The molecule has 0 saturated carbocycles. The van der Waals surface area contributed by atoms with Crippen LogP contribution in [0.4, 0.5) is 5.69 Å². The number of benzene rings is 1. The van der Waals surface area contributed by atoms with Gasteiger partial charge in [-0.2, -0.15) is 0 Å². The van der Waals surface area contributed by atoms with Gasteiger partial charge in [-0.1, -0.05) is 18.2 Å². The van der Waals surface area contributed by atoms with Crippen LogP contribution in [-0.4, -0.2) is 42.9 Å². The van der Waals surface area contributed by atoms with Crippen molar-refractivity contribution in [3.8, 4) is 0 Å². The number of halogens is 1. The number of hydrogen-bond donors (Lipinski definition) is 2. The minimum absolute atomic E-state index is 0. The van der Waals surface area contributed by atoms with Crippen molar-refractivity contribution < 1.29 is 9.59 Å². The standard InChI is InChI=1S/C17H25N3O2.ClH/c1-4-20(17(22)14-8-9-18-10-14)11-15(21)19-16-12(2)6-5-7-13(16)3;/h5-7,14,18H,4,8-11H2,1-3H3,(H,19,21);1H. The van der Waals surface area contributed by atoms with Crippen LogP contribution in [0.1, 0.15) is 24.5 Å². The average molecular weight is 340 g/mol. The van der Waals surface area contributed by atoms with Crippen LogP contribution >= 0.6 is 12.4 Å². The lowest BCUT2D eigenvalue weighted by atomic mass is 10.1. The van der Waals surface area contributed by atoms with Crippen LogP contribution in [-0.2, 0) is 9.59 Å². The van der Waals surface area contributed by atoms with Crippen molar-refractivity contribution >= 4 is 29.9 Å². The van der Waals surface area contributed by atoms with Gasteiger partial charge in [0, 0.05) is 18.8 Å². The molecule has 2 amide bonds. The molecule has 2 N–H and O–H groups in total. The Labute approximate surface area is 144 Å². The zero-order chi connectivity index (χ0) is 16.1. The molecule has 1 unspecified atom stereocenters. The molecule has 5 nitrogen and oxygen atoms in total. The van der Waals surface area contributed by atoms with Crippen LogP contribution in [0.15, 0.2) is 18.2 Å². The van der Waals surface area contributed by atoms with Gasteiger partial charge in [0.15, 0.2) is 0 Å². The molecule has 1 aromatic rings. The summed E-state index contributed by atoms with van der Waals surface area (Å²) in [7, 11) is 0. The van der Waals surface area contributed by atoms with Crippen molar-refractivity contribution in [2.75, 3.05) is 31.5 Å². The molecule has 1 aliphatic rings. The summed E-state index contributed by atoms with van der Waals surface area (Å²) < 4.78 is 0. The van der Waals surface area contributed by atoms with Crippen molar-refractivity contribution in [2.45, 2.75) is 27.2 Å². The Kier molecular flexibility index (Phi) is 7.52. The lowest BCUT2D eigenvalue weighted by Gasteiger charge is -2.23. The number of rotatable bonds is 5. The maximum Gasteiger partial charge on any atom is 0.244 e. The number of aryl methyl sites for hydroxylation is 2. The molecule has 0 radical (unpaired) electrons. The third-order valence-corrected chi connectivity index (χ3v) is 4.18. The summed E-state index contributed by atoms with van der Waals surface area (Å²) in [5.74, 6) is -0.0596. The van der Waals surface area contributed by atoms with Gasteiger partial charge in [-0.3, -0.25) is 9.59 Å². The predicted octanol–water partition coefficient (Wildman–Crippen LogP) is 2.12. The highest BCUT2D eigenvalue weighted by atomic mass is 35.5. The Bertz CT molecular complexity index is 537. The van der Waals surface area contributed by atoms with Crippen molar-refractivity contribution in [1.82, 2.24) is 10.2 Å². The fourth-order valence-electron chi connectivity index (χ4n) is 2.83. The van der Waals surface area contributed by atoms with Crippen molar-refractivity contribution in [3.63, 3.8) is 0 Å². The lowest BCUT2D eigenvalue weighted by molar-refractivity contribution is -0.137. The van der Waals surface area contributed by atoms with Crippen LogP contribution in [0.2, 0.25) is 0 Å². The molecule has 128 valence electrons. The summed E-state index contributed by atoms with van der Waals surface area (Å²) in [6.07, 6.45) is 0.855. The van der Waals surface area contributed by atoms with E-state index in [1.807, 2.05) is 39.0 Å². The van der Waals surface area contributed by atoms with Gasteiger partial charge in [-0.25, -0.2) is 0 Å². The molecule has 1 aromatic carbocycles. The molecule has 1 saturated heterocycles. The van der Waals surface area contributed by atoms with E-state index in [0.717, 1.165) is 29.8 Å². The minimum atomic E-state index is -0.140. The molecule has 1 fully saturated rings. The first-order valence-corrected chi connectivity index (χ1v) is 7.88. The number of anilines is 1. The van der Waals surface area contributed by atoms with Gasteiger partial charge in [0.25, 0.3) is 0 Å². The smallest absolute Gasteiger partial charge is 0.244 e. The van der Waals surface area contributed by atoms with E-state index >= 15 is 0 Å². The van der Waals surface area contributed by atoms with Gasteiger partial charge >= 0.3 is 0 Å². The first kappa shape index (κ1) is 19.5. The summed E-state index contributed by atoms with van der Waals surface area (Å²) in [5, 5.41) is 6.13. The number of para-hydroxylation sites is 1. The minimum Gasteiger partial charge on any atom is -0.333 e. The van der Waals surface area contributed by atoms with Crippen LogP contribution in [0.3, 0.4) is 0 Å². The molecular weight excluding hydrogens is 314 g/mol. The number of likely N-dealkylation sites (N-methyl/N-ethyl adjacent to an activating group) is 1. The number of hydrogen-bond acceptors (Lipinski definition) is 3. The second kappa shape index (κ2) is 8.89. The zero-order valence-electron chi connectivity index (χ0n) is 14.0. The van der Waals surface area contributed by atoms with Gasteiger partial charge in [0.05, 0.1) is 12.5 Å². The Morgan fingerprint density at radius 2 is 1.96 bits per heavy atom. The van der Waals surface area contributed by atoms with E-state index in [2.05, 4.69) is 10.6 Å². The summed E-state index contributed by atoms with van der Waals surface area (Å²) in [6, 6.07) is 5.90. The highest BCUT2D eigenvalue weighted by molar-refractivity contribution is 5.96. The first-order valence-electron chi connectivity index (χ1n) is 7.88. The van der Waals surface area contributed by atoms with Crippen molar-refractivity contribution in [3.05, 3.63) is 29.3 Å². The molecule has 0 aromatic heterocycles. The number of nitrogens with one attached hydrogen (secondary N) is 2. The topological polar surface area (TPSA) is 61.4 Å².